The molecule has 1 unspecified atom stereocenters. The van der Waals surface area contributed by atoms with Gasteiger partial charge in [-0.25, -0.2) is 0 Å². The van der Waals surface area contributed by atoms with Crippen molar-refractivity contribution < 1.29 is 4.79 Å². The first kappa shape index (κ1) is 11.5. The summed E-state index contributed by atoms with van der Waals surface area (Å²) in [6, 6.07) is 0.373. The van der Waals surface area contributed by atoms with Gasteiger partial charge < -0.3 is 10.6 Å². The lowest BCUT2D eigenvalue weighted by Gasteiger charge is -2.23. The van der Waals surface area contributed by atoms with Crippen LogP contribution in [-0.2, 0) is 4.79 Å². The fourth-order valence-corrected chi connectivity index (χ4v) is 1.81. The van der Waals surface area contributed by atoms with Gasteiger partial charge in [0.05, 0.1) is 0 Å². The van der Waals surface area contributed by atoms with Gasteiger partial charge in [0.25, 0.3) is 0 Å². The van der Waals surface area contributed by atoms with Crippen LogP contribution in [0.2, 0.25) is 0 Å². The van der Waals surface area contributed by atoms with Crippen LogP contribution in [0.25, 0.3) is 0 Å². The molecule has 1 atom stereocenters. The summed E-state index contributed by atoms with van der Waals surface area (Å²) in [7, 11) is 0. The Hall–Kier alpha value is -0.570. The van der Waals surface area contributed by atoms with Gasteiger partial charge in [0.1, 0.15) is 0 Å². The van der Waals surface area contributed by atoms with Gasteiger partial charge in [-0.1, -0.05) is 19.8 Å². The second-order valence-electron chi connectivity index (χ2n) is 4.07. The van der Waals surface area contributed by atoms with Crippen molar-refractivity contribution in [1.82, 2.24) is 10.6 Å². The Labute approximate surface area is 86.6 Å². The first-order chi connectivity index (χ1) is 6.83. The minimum absolute atomic E-state index is 0.229. The monoisotopic (exact) mass is 198 g/mol. The van der Waals surface area contributed by atoms with E-state index in [9.17, 15) is 4.79 Å². The number of rotatable bonds is 5. The molecule has 0 aromatic heterocycles. The second-order valence-corrected chi connectivity index (χ2v) is 4.07. The van der Waals surface area contributed by atoms with Crippen molar-refractivity contribution >= 4 is 5.91 Å². The molecular formula is C11H22N2O. The summed E-state index contributed by atoms with van der Waals surface area (Å²) in [5.41, 5.74) is 0. The average Bonchev–Trinajstić information content (AvgIpc) is 2.20. The molecular weight excluding hydrogens is 176 g/mol. The van der Waals surface area contributed by atoms with E-state index in [1.165, 1.54) is 12.8 Å². The van der Waals surface area contributed by atoms with Gasteiger partial charge in [0, 0.05) is 19.0 Å². The van der Waals surface area contributed by atoms with E-state index in [4.69, 9.17) is 0 Å². The highest BCUT2D eigenvalue weighted by molar-refractivity contribution is 5.76. The van der Waals surface area contributed by atoms with Crippen LogP contribution in [-0.4, -0.2) is 25.0 Å². The first-order valence-electron chi connectivity index (χ1n) is 5.83. The summed E-state index contributed by atoms with van der Waals surface area (Å²) >= 11 is 0. The average molecular weight is 198 g/mol. The van der Waals surface area contributed by atoms with Crippen molar-refractivity contribution in [3.63, 3.8) is 0 Å². The van der Waals surface area contributed by atoms with E-state index in [-0.39, 0.29) is 5.91 Å². The maximum absolute atomic E-state index is 11.4. The van der Waals surface area contributed by atoms with Gasteiger partial charge in [-0.3, -0.25) is 4.79 Å². The van der Waals surface area contributed by atoms with Crippen LogP contribution in [0.5, 0.6) is 0 Å². The zero-order valence-electron chi connectivity index (χ0n) is 9.14. The van der Waals surface area contributed by atoms with E-state index in [1.807, 2.05) is 0 Å². The van der Waals surface area contributed by atoms with Crippen LogP contribution in [0.3, 0.4) is 0 Å². The highest BCUT2D eigenvalue weighted by Gasteiger charge is 2.14. The van der Waals surface area contributed by atoms with Gasteiger partial charge >= 0.3 is 0 Å². The number of piperidine rings is 1. The van der Waals surface area contributed by atoms with Crippen LogP contribution in [0.15, 0.2) is 0 Å². The molecule has 0 bridgehead atoms. The van der Waals surface area contributed by atoms with Gasteiger partial charge in [-0.2, -0.15) is 0 Å². The molecule has 1 heterocycles. The van der Waals surface area contributed by atoms with Crippen LogP contribution < -0.4 is 10.6 Å². The van der Waals surface area contributed by atoms with Crippen molar-refractivity contribution in [3.8, 4) is 0 Å². The van der Waals surface area contributed by atoms with Gasteiger partial charge in [-0.05, 0) is 25.8 Å². The number of unbranched alkanes of at least 4 members (excludes halogenated alkanes) is 2. The first-order valence-corrected chi connectivity index (χ1v) is 5.83. The third kappa shape index (κ3) is 4.61. The minimum Gasteiger partial charge on any atom is -0.352 e. The van der Waals surface area contributed by atoms with Gasteiger partial charge in [-0.15, -0.1) is 0 Å². The Morgan fingerprint density at radius 3 is 3.00 bits per heavy atom. The zero-order valence-corrected chi connectivity index (χ0v) is 9.14. The Morgan fingerprint density at radius 2 is 2.36 bits per heavy atom. The normalized spacial score (nSPS) is 21.9. The van der Waals surface area contributed by atoms with E-state index < -0.39 is 0 Å². The summed E-state index contributed by atoms with van der Waals surface area (Å²) in [6.07, 6.45) is 6.38. The number of hydrogen-bond donors (Lipinski definition) is 2. The number of carbonyl (C=O) groups excluding carboxylic acids is 1. The van der Waals surface area contributed by atoms with Crippen molar-refractivity contribution in [1.29, 1.82) is 0 Å². The Kier molecular flexibility index (Phi) is 5.60. The molecule has 1 fully saturated rings. The molecule has 82 valence electrons. The summed E-state index contributed by atoms with van der Waals surface area (Å²) in [5, 5.41) is 6.37. The summed E-state index contributed by atoms with van der Waals surface area (Å²) in [5.74, 6) is 0.229. The smallest absolute Gasteiger partial charge is 0.220 e. The molecule has 3 heteroatoms. The minimum atomic E-state index is 0.229. The van der Waals surface area contributed by atoms with Gasteiger partial charge in [0.2, 0.25) is 5.91 Å². The highest BCUT2D eigenvalue weighted by atomic mass is 16.1. The Balaban J connectivity index is 2.06. The van der Waals surface area contributed by atoms with Crippen LogP contribution in [0.1, 0.15) is 45.4 Å². The Bertz CT molecular complexity index is 165. The van der Waals surface area contributed by atoms with E-state index in [0.29, 0.717) is 12.5 Å². The van der Waals surface area contributed by atoms with Crippen LogP contribution in [0, 0.1) is 0 Å². The van der Waals surface area contributed by atoms with E-state index >= 15 is 0 Å². The number of amides is 1. The lowest BCUT2D eigenvalue weighted by molar-refractivity contribution is -0.122. The quantitative estimate of drug-likeness (QED) is 0.656. The molecule has 0 saturated carbocycles. The van der Waals surface area contributed by atoms with Crippen molar-refractivity contribution in [2.45, 2.75) is 51.5 Å². The number of hydrogen-bond acceptors (Lipinski definition) is 2. The molecule has 0 aliphatic carbocycles. The molecule has 14 heavy (non-hydrogen) atoms. The van der Waals surface area contributed by atoms with Crippen molar-refractivity contribution in [2.75, 3.05) is 13.1 Å². The van der Waals surface area contributed by atoms with Gasteiger partial charge in [0.15, 0.2) is 0 Å². The van der Waals surface area contributed by atoms with Crippen LogP contribution in [0.4, 0.5) is 0 Å². The highest BCUT2D eigenvalue weighted by Crippen LogP contribution is 2.03. The molecule has 0 aromatic carbocycles. The van der Waals surface area contributed by atoms with Crippen molar-refractivity contribution in [2.24, 2.45) is 0 Å². The summed E-state index contributed by atoms with van der Waals surface area (Å²) in [6.45, 7) is 4.20. The number of nitrogens with one attached hydrogen (secondary N) is 2. The molecule has 1 aliphatic rings. The fraction of sp³-hybridized carbons (Fsp3) is 0.909. The standard InChI is InChI=1S/C11H22N2O/c1-2-3-4-7-11(14)13-10-6-5-8-12-9-10/h10,12H,2-9H2,1H3,(H,13,14). The molecule has 0 spiro atoms. The Morgan fingerprint density at radius 1 is 1.50 bits per heavy atom. The van der Waals surface area contributed by atoms with E-state index in [1.54, 1.807) is 0 Å². The molecule has 1 rings (SSSR count). The van der Waals surface area contributed by atoms with Crippen molar-refractivity contribution in [3.05, 3.63) is 0 Å². The lowest BCUT2D eigenvalue weighted by Crippen LogP contribution is -2.45. The molecule has 0 aromatic rings. The maximum Gasteiger partial charge on any atom is 0.220 e. The molecule has 1 aliphatic heterocycles. The predicted molar refractivity (Wildman–Crippen MR) is 58.2 cm³/mol. The fourth-order valence-electron chi connectivity index (χ4n) is 1.81. The lowest BCUT2D eigenvalue weighted by atomic mass is 10.1. The van der Waals surface area contributed by atoms with Crippen LogP contribution >= 0.6 is 0 Å². The van der Waals surface area contributed by atoms with E-state index in [0.717, 1.165) is 32.4 Å². The zero-order chi connectivity index (χ0) is 10.2. The molecule has 3 nitrogen and oxygen atoms in total. The summed E-state index contributed by atoms with van der Waals surface area (Å²) < 4.78 is 0. The van der Waals surface area contributed by atoms with E-state index in [2.05, 4.69) is 17.6 Å². The topological polar surface area (TPSA) is 41.1 Å². The molecule has 2 N–H and O–H groups in total. The SMILES string of the molecule is CCCCCC(=O)NC1CCCNC1. The maximum atomic E-state index is 11.4. The predicted octanol–water partition coefficient (Wildman–Crippen LogP) is 1.43. The largest absolute Gasteiger partial charge is 0.352 e. The second kappa shape index (κ2) is 6.82. The molecule has 0 radical (unpaired) electrons. The number of carbonyl (C=O) groups is 1. The molecule has 1 saturated heterocycles. The third-order valence-corrected chi connectivity index (χ3v) is 2.67. The summed E-state index contributed by atoms with van der Waals surface area (Å²) in [4.78, 5) is 11.4. The molecule has 1 amide bonds. The third-order valence-electron chi connectivity index (χ3n) is 2.67.